The summed E-state index contributed by atoms with van der Waals surface area (Å²) in [6.45, 7) is 4.48. The van der Waals surface area contributed by atoms with Crippen molar-refractivity contribution in [1.29, 1.82) is 0 Å². The van der Waals surface area contributed by atoms with Gasteiger partial charge in [-0.2, -0.15) is 0 Å². The summed E-state index contributed by atoms with van der Waals surface area (Å²) in [7, 11) is 0. The number of carboxylic acids is 1. The molecule has 0 aromatic carbocycles. The highest BCUT2D eigenvalue weighted by Gasteiger charge is 2.45. The van der Waals surface area contributed by atoms with Crippen molar-refractivity contribution in [3.63, 3.8) is 0 Å². The van der Waals surface area contributed by atoms with Crippen LogP contribution in [0.2, 0.25) is 0 Å². The second-order valence-electron chi connectivity index (χ2n) is 5.01. The highest BCUT2D eigenvalue weighted by molar-refractivity contribution is 5.84. The van der Waals surface area contributed by atoms with Gasteiger partial charge in [-0.15, -0.1) is 0 Å². The summed E-state index contributed by atoms with van der Waals surface area (Å²) in [5, 5.41) is 12.4. The number of nitrogens with one attached hydrogen (secondary N) is 1. The molecule has 6 heteroatoms. The number of morpholine rings is 1. The number of hydrogen-bond donors (Lipinski definition) is 2. The summed E-state index contributed by atoms with van der Waals surface area (Å²) in [6.07, 6.45) is 0.626. The van der Waals surface area contributed by atoms with E-state index in [1.54, 1.807) is 4.90 Å². The van der Waals surface area contributed by atoms with Gasteiger partial charge in [0.2, 0.25) is 0 Å². The van der Waals surface area contributed by atoms with Crippen LogP contribution in [-0.4, -0.2) is 60.8 Å². The van der Waals surface area contributed by atoms with E-state index in [0.29, 0.717) is 39.1 Å². The van der Waals surface area contributed by atoms with Gasteiger partial charge in [0.1, 0.15) is 6.10 Å². The lowest BCUT2D eigenvalue weighted by molar-refractivity contribution is -0.150. The van der Waals surface area contributed by atoms with Crippen molar-refractivity contribution >= 4 is 11.9 Å². The average molecular weight is 256 g/mol. The Balaban J connectivity index is 1.99. The Kier molecular flexibility index (Phi) is 3.87. The maximum absolute atomic E-state index is 12.2. The van der Waals surface area contributed by atoms with Gasteiger partial charge in [0.15, 0.2) is 0 Å². The number of hydrogen-bond acceptors (Lipinski definition) is 4. The molecule has 2 aliphatic rings. The Bertz CT molecular complexity index is 341. The van der Waals surface area contributed by atoms with Crippen LogP contribution < -0.4 is 5.32 Å². The molecular weight excluding hydrogens is 236 g/mol. The zero-order valence-electron chi connectivity index (χ0n) is 10.6. The van der Waals surface area contributed by atoms with Crippen LogP contribution in [0.1, 0.15) is 19.8 Å². The molecule has 0 saturated carbocycles. The summed E-state index contributed by atoms with van der Waals surface area (Å²) in [5.74, 6) is -0.887. The van der Waals surface area contributed by atoms with E-state index in [1.807, 2.05) is 6.92 Å². The summed E-state index contributed by atoms with van der Waals surface area (Å²) in [4.78, 5) is 25.1. The van der Waals surface area contributed by atoms with Crippen molar-refractivity contribution in [3.8, 4) is 0 Å². The minimum atomic E-state index is -0.803. The van der Waals surface area contributed by atoms with Gasteiger partial charge < -0.3 is 20.1 Å². The lowest BCUT2D eigenvalue weighted by Crippen LogP contribution is -2.49. The van der Waals surface area contributed by atoms with Gasteiger partial charge in [-0.3, -0.25) is 9.59 Å². The van der Waals surface area contributed by atoms with E-state index in [9.17, 15) is 14.7 Å². The van der Waals surface area contributed by atoms with Crippen molar-refractivity contribution in [2.45, 2.75) is 25.9 Å². The van der Waals surface area contributed by atoms with Crippen molar-refractivity contribution < 1.29 is 19.4 Å². The fourth-order valence-electron chi connectivity index (χ4n) is 2.60. The Morgan fingerprint density at radius 3 is 2.83 bits per heavy atom. The van der Waals surface area contributed by atoms with Crippen LogP contribution in [0.5, 0.6) is 0 Å². The van der Waals surface area contributed by atoms with E-state index < -0.39 is 17.5 Å². The van der Waals surface area contributed by atoms with Crippen molar-refractivity contribution in [2.24, 2.45) is 5.41 Å². The van der Waals surface area contributed by atoms with Gasteiger partial charge in [-0.05, 0) is 12.8 Å². The quantitative estimate of drug-likeness (QED) is 0.724. The fraction of sp³-hybridized carbons (Fsp3) is 0.833. The smallest absolute Gasteiger partial charge is 0.311 e. The molecule has 0 aromatic heterocycles. The van der Waals surface area contributed by atoms with Crippen LogP contribution in [0.4, 0.5) is 0 Å². The Labute approximate surface area is 106 Å². The lowest BCUT2D eigenvalue weighted by atomic mass is 9.84. The van der Waals surface area contributed by atoms with E-state index in [-0.39, 0.29) is 5.91 Å². The first-order chi connectivity index (χ1) is 8.59. The molecule has 2 fully saturated rings. The predicted molar refractivity (Wildman–Crippen MR) is 64.2 cm³/mol. The molecule has 2 saturated heterocycles. The molecule has 0 radical (unpaired) electrons. The number of aliphatic carboxylic acids is 1. The van der Waals surface area contributed by atoms with Crippen LogP contribution >= 0.6 is 0 Å². The van der Waals surface area contributed by atoms with Crippen LogP contribution in [-0.2, 0) is 14.3 Å². The number of carbonyl (C=O) groups is 2. The van der Waals surface area contributed by atoms with Gasteiger partial charge in [0.25, 0.3) is 5.91 Å². The molecule has 0 spiro atoms. The Hall–Kier alpha value is -1.14. The fourth-order valence-corrected chi connectivity index (χ4v) is 2.60. The highest BCUT2D eigenvalue weighted by Crippen LogP contribution is 2.34. The third-order valence-electron chi connectivity index (χ3n) is 4.00. The molecule has 2 atom stereocenters. The Morgan fingerprint density at radius 1 is 1.56 bits per heavy atom. The van der Waals surface area contributed by atoms with E-state index in [1.165, 1.54) is 0 Å². The van der Waals surface area contributed by atoms with Crippen molar-refractivity contribution in [3.05, 3.63) is 0 Å². The molecule has 0 aliphatic carbocycles. The minimum Gasteiger partial charge on any atom is -0.481 e. The zero-order valence-corrected chi connectivity index (χ0v) is 10.6. The topological polar surface area (TPSA) is 78.9 Å². The zero-order chi connectivity index (χ0) is 13.2. The number of amides is 1. The molecule has 18 heavy (non-hydrogen) atoms. The minimum absolute atomic E-state index is 0.0845. The number of ether oxygens (including phenoxy) is 1. The number of carboxylic acid groups (broad SMARTS) is 1. The van der Waals surface area contributed by atoms with E-state index in [4.69, 9.17) is 4.74 Å². The molecule has 2 N–H and O–H groups in total. The van der Waals surface area contributed by atoms with E-state index in [0.717, 1.165) is 6.54 Å². The molecule has 1 amide bonds. The predicted octanol–water partition coefficient (Wildman–Crippen LogP) is -0.312. The first-order valence-electron chi connectivity index (χ1n) is 6.43. The number of nitrogens with zero attached hydrogens (tertiary/aromatic N) is 1. The largest absolute Gasteiger partial charge is 0.481 e. The number of rotatable bonds is 3. The average Bonchev–Trinajstić information content (AvgIpc) is 2.84. The third-order valence-corrected chi connectivity index (χ3v) is 4.00. The summed E-state index contributed by atoms with van der Waals surface area (Å²) < 4.78 is 5.41. The van der Waals surface area contributed by atoms with Crippen LogP contribution in [0.25, 0.3) is 0 Å². The SMILES string of the molecule is CCC1(C(=O)O)CCN(C(=O)C2CNCCO2)C1. The second-order valence-corrected chi connectivity index (χ2v) is 5.01. The highest BCUT2D eigenvalue weighted by atomic mass is 16.5. The number of carbonyl (C=O) groups excluding carboxylic acids is 1. The molecular formula is C12H20N2O4. The third kappa shape index (κ3) is 2.35. The van der Waals surface area contributed by atoms with Gasteiger partial charge in [0.05, 0.1) is 12.0 Å². The Morgan fingerprint density at radius 2 is 2.33 bits per heavy atom. The molecule has 102 valence electrons. The summed E-state index contributed by atoms with van der Waals surface area (Å²) >= 11 is 0. The summed E-state index contributed by atoms with van der Waals surface area (Å²) in [6, 6.07) is 0. The van der Waals surface area contributed by atoms with Gasteiger partial charge in [-0.1, -0.05) is 6.92 Å². The van der Waals surface area contributed by atoms with E-state index >= 15 is 0 Å². The molecule has 0 aromatic rings. The first-order valence-corrected chi connectivity index (χ1v) is 6.43. The van der Waals surface area contributed by atoms with Gasteiger partial charge >= 0.3 is 5.97 Å². The molecule has 2 rings (SSSR count). The maximum Gasteiger partial charge on any atom is 0.311 e. The number of likely N-dealkylation sites (tertiary alicyclic amines) is 1. The van der Waals surface area contributed by atoms with Crippen LogP contribution in [0.3, 0.4) is 0 Å². The van der Waals surface area contributed by atoms with Crippen LogP contribution in [0.15, 0.2) is 0 Å². The molecule has 0 bridgehead atoms. The molecule has 2 unspecified atom stereocenters. The van der Waals surface area contributed by atoms with Crippen molar-refractivity contribution in [2.75, 3.05) is 32.8 Å². The molecule has 2 heterocycles. The van der Waals surface area contributed by atoms with Gasteiger partial charge in [-0.25, -0.2) is 0 Å². The summed E-state index contributed by atoms with van der Waals surface area (Å²) in [5.41, 5.74) is -0.766. The maximum atomic E-state index is 12.2. The van der Waals surface area contributed by atoms with Crippen molar-refractivity contribution in [1.82, 2.24) is 10.2 Å². The first kappa shape index (κ1) is 13.3. The second kappa shape index (κ2) is 5.24. The molecule has 2 aliphatic heterocycles. The monoisotopic (exact) mass is 256 g/mol. The molecule has 6 nitrogen and oxygen atoms in total. The normalized spacial score (nSPS) is 32.5. The standard InChI is InChI=1S/C12H20N2O4/c1-2-12(11(16)17)3-5-14(8-12)10(15)9-7-13-4-6-18-9/h9,13H,2-8H2,1H3,(H,16,17). The lowest BCUT2D eigenvalue weighted by Gasteiger charge is -2.28. The van der Waals surface area contributed by atoms with Crippen LogP contribution in [0, 0.1) is 5.41 Å². The van der Waals surface area contributed by atoms with E-state index in [2.05, 4.69) is 5.32 Å². The van der Waals surface area contributed by atoms with Gasteiger partial charge in [0, 0.05) is 26.2 Å².